The van der Waals surface area contributed by atoms with Gasteiger partial charge >= 0.3 is 0 Å². The van der Waals surface area contributed by atoms with Crippen LogP contribution in [-0.2, 0) is 4.79 Å². The van der Waals surface area contributed by atoms with Crippen LogP contribution in [-0.4, -0.2) is 15.8 Å². The Morgan fingerprint density at radius 1 is 1.38 bits per heavy atom. The molecule has 0 N–H and O–H groups in total. The average molecular weight is 210 g/mol. The van der Waals surface area contributed by atoms with Gasteiger partial charge in [0.1, 0.15) is 6.33 Å². The highest BCUT2D eigenvalue weighted by Crippen LogP contribution is 2.21. The van der Waals surface area contributed by atoms with Crippen molar-refractivity contribution in [3.05, 3.63) is 59.9 Å². The number of hydrogen-bond donors (Lipinski definition) is 0. The molecule has 0 spiro atoms. The van der Waals surface area contributed by atoms with Crippen molar-refractivity contribution < 1.29 is 4.79 Å². The molecular weight excluding hydrogens is 200 g/mol. The lowest BCUT2D eigenvalue weighted by Gasteiger charge is -2.04. The number of aromatic nitrogens is 2. The van der Waals surface area contributed by atoms with Crippen LogP contribution >= 0.6 is 0 Å². The van der Waals surface area contributed by atoms with Crippen molar-refractivity contribution >= 4 is 11.4 Å². The summed E-state index contributed by atoms with van der Waals surface area (Å²) in [6.07, 6.45) is 10.3. The molecule has 0 aliphatic heterocycles. The molecule has 3 heteroatoms. The van der Waals surface area contributed by atoms with Crippen LogP contribution in [0.2, 0.25) is 0 Å². The van der Waals surface area contributed by atoms with Gasteiger partial charge in [-0.1, -0.05) is 18.2 Å². The van der Waals surface area contributed by atoms with Crippen LogP contribution in [0.25, 0.3) is 5.57 Å². The smallest absolute Gasteiger partial charge is 0.161 e. The van der Waals surface area contributed by atoms with Crippen LogP contribution in [0, 0.1) is 0 Å². The predicted octanol–water partition coefficient (Wildman–Crippen LogP) is 2.10. The standard InChI is InChI=1S/C13H10N2O/c1-10(16)11-5-3-2-4-6-12(11)13-7-8-14-9-15-13/h2-5,7-9H,1H3. The first-order valence-corrected chi connectivity index (χ1v) is 4.90. The molecule has 1 heterocycles. The fraction of sp³-hybridized carbons (Fsp3) is 0.0769. The van der Waals surface area contributed by atoms with E-state index in [1.807, 2.05) is 12.2 Å². The van der Waals surface area contributed by atoms with Gasteiger partial charge in [-0.05, 0) is 19.1 Å². The SMILES string of the molecule is CC(=O)C1=CC=CC=C=C1c1ccncn1. The number of hydrogen-bond acceptors (Lipinski definition) is 3. The molecule has 1 aromatic rings. The summed E-state index contributed by atoms with van der Waals surface area (Å²) in [7, 11) is 0. The summed E-state index contributed by atoms with van der Waals surface area (Å²) in [5.41, 5.74) is 5.08. The van der Waals surface area contributed by atoms with Crippen LogP contribution < -0.4 is 0 Å². The van der Waals surface area contributed by atoms with Crippen molar-refractivity contribution in [3.8, 4) is 0 Å². The molecule has 16 heavy (non-hydrogen) atoms. The van der Waals surface area contributed by atoms with Gasteiger partial charge in [-0.25, -0.2) is 9.97 Å². The summed E-state index contributed by atoms with van der Waals surface area (Å²) < 4.78 is 0. The molecule has 0 saturated heterocycles. The second kappa shape index (κ2) is 4.51. The molecule has 78 valence electrons. The molecule has 0 saturated carbocycles. The van der Waals surface area contributed by atoms with E-state index in [-0.39, 0.29) is 5.78 Å². The normalized spacial score (nSPS) is 14.1. The second-order valence-electron chi connectivity index (χ2n) is 3.30. The third-order valence-corrected chi connectivity index (χ3v) is 2.18. The number of nitrogens with zero attached hydrogens (tertiary/aromatic N) is 2. The number of Topliss-reactive ketones (excluding diaryl/α,β-unsaturated/α-hetero) is 1. The highest BCUT2D eigenvalue weighted by atomic mass is 16.1. The molecule has 3 nitrogen and oxygen atoms in total. The van der Waals surface area contributed by atoms with Gasteiger partial charge < -0.3 is 0 Å². The minimum atomic E-state index is 0.000984. The van der Waals surface area contributed by atoms with Gasteiger partial charge in [-0.15, -0.1) is 5.73 Å². The Hall–Kier alpha value is -2.25. The number of carbonyl (C=O) groups is 1. The van der Waals surface area contributed by atoms with Gasteiger partial charge in [0, 0.05) is 11.8 Å². The highest BCUT2D eigenvalue weighted by Gasteiger charge is 2.13. The lowest BCUT2D eigenvalue weighted by Crippen LogP contribution is -2.00. The minimum Gasteiger partial charge on any atom is -0.294 e. The molecule has 0 aromatic carbocycles. The maximum Gasteiger partial charge on any atom is 0.161 e. The summed E-state index contributed by atoms with van der Waals surface area (Å²) in [5, 5.41) is 0. The lowest BCUT2D eigenvalue weighted by atomic mass is 10.0. The monoisotopic (exact) mass is 210 g/mol. The molecule has 0 bridgehead atoms. The Balaban J connectivity index is 2.55. The van der Waals surface area contributed by atoms with Gasteiger partial charge in [0.15, 0.2) is 5.78 Å². The largest absolute Gasteiger partial charge is 0.294 e. The minimum absolute atomic E-state index is 0.000984. The van der Waals surface area contributed by atoms with Crippen molar-refractivity contribution in [3.63, 3.8) is 0 Å². The van der Waals surface area contributed by atoms with Crippen molar-refractivity contribution in [1.29, 1.82) is 0 Å². The zero-order valence-electron chi connectivity index (χ0n) is 8.84. The number of allylic oxidation sites excluding steroid dienone is 5. The summed E-state index contributed by atoms with van der Waals surface area (Å²) in [4.78, 5) is 19.5. The van der Waals surface area contributed by atoms with Crippen LogP contribution in [0.3, 0.4) is 0 Å². The topological polar surface area (TPSA) is 42.9 Å². The van der Waals surface area contributed by atoms with Gasteiger partial charge in [-0.3, -0.25) is 4.79 Å². The maximum absolute atomic E-state index is 11.5. The first kappa shape index (κ1) is 10.3. The van der Waals surface area contributed by atoms with Gasteiger partial charge in [0.2, 0.25) is 0 Å². The van der Waals surface area contributed by atoms with E-state index in [9.17, 15) is 4.79 Å². The molecule has 0 fully saturated rings. The van der Waals surface area contributed by atoms with Crippen molar-refractivity contribution in [2.24, 2.45) is 0 Å². The molecular formula is C13H10N2O. The van der Waals surface area contributed by atoms with E-state index < -0.39 is 0 Å². The summed E-state index contributed by atoms with van der Waals surface area (Å²) in [5.74, 6) is 0.000984. The van der Waals surface area contributed by atoms with E-state index in [1.165, 1.54) is 13.3 Å². The number of rotatable bonds is 2. The van der Waals surface area contributed by atoms with Crippen LogP contribution in [0.15, 0.2) is 54.2 Å². The van der Waals surface area contributed by atoms with E-state index in [0.29, 0.717) is 16.8 Å². The molecule has 1 aromatic heterocycles. The maximum atomic E-state index is 11.5. The Bertz CT molecular complexity index is 532. The third kappa shape index (κ3) is 2.05. The van der Waals surface area contributed by atoms with Crippen LogP contribution in [0.5, 0.6) is 0 Å². The Kier molecular flexibility index (Phi) is 2.90. The fourth-order valence-corrected chi connectivity index (χ4v) is 1.44. The van der Waals surface area contributed by atoms with Crippen molar-refractivity contribution in [2.75, 3.05) is 0 Å². The number of ketones is 1. The summed E-state index contributed by atoms with van der Waals surface area (Å²) in [6, 6.07) is 1.76. The molecule has 0 radical (unpaired) electrons. The molecule has 2 rings (SSSR count). The van der Waals surface area contributed by atoms with Gasteiger partial charge in [0.25, 0.3) is 0 Å². The fourth-order valence-electron chi connectivity index (χ4n) is 1.44. The van der Waals surface area contributed by atoms with Crippen LogP contribution in [0.1, 0.15) is 12.6 Å². The van der Waals surface area contributed by atoms with Gasteiger partial charge in [0.05, 0.1) is 11.3 Å². The zero-order valence-corrected chi connectivity index (χ0v) is 8.84. The average Bonchev–Trinajstić information content (AvgIpc) is 2.55. The first-order valence-electron chi connectivity index (χ1n) is 4.90. The summed E-state index contributed by atoms with van der Waals surface area (Å²) in [6.45, 7) is 1.54. The van der Waals surface area contributed by atoms with E-state index >= 15 is 0 Å². The van der Waals surface area contributed by atoms with Crippen molar-refractivity contribution in [1.82, 2.24) is 9.97 Å². The molecule has 0 unspecified atom stereocenters. The van der Waals surface area contributed by atoms with E-state index in [1.54, 1.807) is 24.4 Å². The molecule has 0 amide bonds. The van der Waals surface area contributed by atoms with E-state index in [0.717, 1.165) is 0 Å². The van der Waals surface area contributed by atoms with Gasteiger partial charge in [-0.2, -0.15) is 0 Å². The second-order valence-corrected chi connectivity index (χ2v) is 3.30. The molecule has 1 aliphatic carbocycles. The van der Waals surface area contributed by atoms with E-state index in [4.69, 9.17) is 0 Å². The predicted molar refractivity (Wildman–Crippen MR) is 61.4 cm³/mol. The van der Waals surface area contributed by atoms with Crippen molar-refractivity contribution in [2.45, 2.75) is 6.92 Å². The van der Waals surface area contributed by atoms with E-state index in [2.05, 4.69) is 15.7 Å². The first-order chi connectivity index (χ1) is 7.79. The quantitative estimate of drug-likeness (QED) is 0.702. The Labute approximate surface area is 93.6 Å². The number of carbonyl (C=O) groups excluding carboxylic acids is 1. The summed E-state index contributed by atoms with van der Waals surface area (Å²) >= 11 is 0. The molecule has 1 aliphatic rings. The van der Waals surface area contributed by atoms with Crippen LogP contribution in [0.4, 0.5) is 0 Å². The zero-order chi connectivity index (χ0) is 11.4. The Morgan fingerprint density at radius 3 is 2.94 bits per heavy atom. The highest BCUT2D eigenvalue weighted by molar-refractivity contribution is 6.08. The lowest BCUT2D eigenvalue weighted by molar-refractivity contribution is -0.113. The molecule has 0 atom stereocenters. The third-order valence-electron chi connectivity index (χ3n) is 2.18. The Morgan fingerprint density at radius 2 is 2.25 bits per heavy atom.